The molecule has 0 saturated carbocycles. The maximum absolute atomic E-state index is 3.19. The van der Waals surface area contributed by atoms with E-state index < -0.39 is 18.3 Å². The Kier molecular flexibility index (Phi) is 4.43. The molecule has 0 nitrogen and oxygen atoms in total. The predicted octanol–water partition coefficient (Wildman–Crippen LogP) is 7.83. The summed E-state index contributed by atoms with van der Waals surface area (Å²) >= 11 is -3.19. The fraction of sp³-hybridized carbons (Fsp3) is 0.625. The molecule has 0 amide bonds. The van der Waals surface area contributed by atoms with Gasteiger partial charge in [-0.05, 0) is 0 Å². The molecular formula is C24H36Zr. The van der Waals surface area contributed by atoms with Crippen LogP contribution in [0.5, 0.6) is 0 Å². The summed E-state index contributed by atoms with van der Waals surface area (Å²) in [5.41, 5.74) is 10.6. The summed E-state index contributed by atoms with van der Waals surface area (Å²) < 4.78 is 9.97. The van der Waals surface area contributed by atoms with Gasteiger partial charge in [0.25, 0.3) is 0 Å². The van der Waals surface area contributed by atoms with E-state index in [1.54, 1.807) is 22.3 Å². The van der Waals surface area contributed by atoms with Crippen LogP contribution in [0.2, 0.25) is 16.5 Å². The third-order valence-corrected chi connectivity index (χ3v) is 25.6. The molecule has 4 aliphatic rings. The van der Waals surface area contributed by atoms with Crippen molar-refractivity contribution >= 4 is 3.71 Å². The molecule has 4 aliphatic carbocycles. The number of allylic oxidation sites excluding steroid dienone is 8. The van der Waals surface area contributed by atoms with Crippen LogP contribution in [0, 0.1) is 0 Å². The van der Waals surface area contributed by atoms with Crippen molar-refractivity contribution in [3.63, 3.8) is 0 Å². The van der Waals surface area contributed by atoms with Gasteiger partial charge in [-0.25, -0.2) is 0 Å². The van der Waals surface area contributed by atoms with Gasteiger partial charge in [0.1, 0.15) is 0 Å². The van der Waals surface area contributed by atoms with Gasteiger partial charge in [0.2, 0.25) is 0 Å². The molecule has 0 radical (unpaired) electrons. The van der Waals surface area contributed by atoms with Crippen LogP contribution in [0.4, 0.5) is 0 Å². The van der Waals surface area contributed by atoms with E-state index in [1.165, 1.54) is 51.4 Å². The summed E-state index contributed by atoms with van der Waals surface area (Å²) in [6.07, 6.45) is 16.3. The second kappa shape index (κ2) is 6.12. The van der Waals surface area contributed by atoms with Gasteiger partial charge >= 0.3 is 156 Å². The molecule has 0 bridgehead atoms. The van der Waals surface area contributed by atoms with Crippen molar-refractivity contribution in [2.45, 2.75) is 88.7 Å². The number of hydrogen-bond acceptors (Lipinski definition) is 0. The molecule has 4 rings (SSSR count). The van der Waals surface area contributed by atoms with E-state index in [2.05, 4.69) is 45.9 Å². The molecule has 0 aliphatic heterocycles. The molecule has 1 heteroatoms. The van der Waals surface area contributed by atoms with Gasteiger partial charge in [-0.15, -0.1) is 0 Å². The van der Waals surface area contributed by atoms with Crippen LogP contribution in [0.3, 0.4) is 0 Å². The molecule has 136 valence electrons. The minimum absolute atomic E-state index is 0.795. The molecule has 25 heavy (non-hydrogen) atoms. The molecule has 0 N–H and O–H groups in total. The Hall–Kier alpha value is -0.287. The second-order valence-electron chi connectivity index (χ2n) is 10.2. The third kappa shape index (κ3) is 2.59. The first-order valence-corrected chi connectivity index (χ1v) is 19.8. The van der Waals surface area contributed by atoms with Crippen molar-refractivity contribution in [2.75, 3.05) is 0 Å². The van der Waals surface area contributed by atoms with Crippen molar-refractivity contribution in [1.29, 1.82) is 0 Å². The Labute approximate surface area is 155 Å². The Balaban J connectivity index is 1.88. The zero-order valence-electron chi connectivity index (χ0n) is 17.0. The first-order valence-electron chi connectivity index (χ1n) is 10.7. The van der Waals surface area contributed by atoms with E-state index >= 15 is 0 Å². The fourth-order valence-electron chi connectivity index (χ4n) is 7.19. The normalized spacial score (nSPS) is 30.2. The zero-order valence-corrected chi connectivity index (χ0v) is 19.5. The van der Waals surface area contributed by atoms with E-state index in [1.807, 2.05) is 11.1 Å². The van der Waals surface area contributed by atoms with Crippen LogP contribution in [0.15, 0.2) is 45.6 Å². The summed E-state index contributed by atoms with van der Waals surface area (Å²) in [6, 6.07) is 0. The van der Waals surface area contributed by atoms with Gasteiger partial charge < -0.3 is 0 Å². The molecule has 2 atom stereocenters. The monoisotopic (exact) mass is 414 g/mol. The van der Waals surface area contributed by atoms with E-state index in [0.29, 0.717) is 0 Å². The Morgan fingerprint density at radius 3 is 1.56 bits per heavy atom. The third-order valence-electron chi connectivity index (χ3n) is 8.25. The van der Waals surface area contributed by atoms with Crippen molar-refractivity contribution in [3.8, 4) is 0 Å². The van der Waals surface area contributed by atoms with Gasteiger partial charge in [0, 0.05) is 0 Å². The van der Waals surface area contributed by atoms with Gasteiger partial charge in [0.15, 0.2) is 0 Å². The zero-order chi connectivity index (χ0) is 17.8. The van der Waals surface area contributed by atoms with Crippen LogP contribution in [-0.4, -0.2) is 3.71 Å². The van der Waals surface area contributed by atoms with Gasteiger partial charge in [0.05, 0.1) is 0 Å². The maximum atomic E-state index is 2.79. The average molecular weight is 416 g/mol. The van der Waals surface area contributed by atoms with Crippen LogP contribution in [0.25, 0.3) is 0 Å². The summed E-state index contributed by atoms with van der Waals surface area (Å²) in [6.45, 7) is 7.34. The molecule has 2 unspecified atom stereocenters. The van der Waals surface area contributed by atoms with E-state index in [0.717, 1.165) is 7.25 Å². The molecule has 0 spiro atoms. The van der Waals surface area contributed by atoms with Crippen LogP contribution >= 0.6 is 0 Å². The number of hydrogen-bond donors (Lipinski definition) is 0. The van der Waals surface area contributed by atoms with Gasteiger partial charge in [-0.1, -0.05) is 0 Å². The Bertz CT molecular complexity index is 743. The molecule has 0 aromatic rings. The fourth-order valence-corrected chi connectivity index (χ4v) is 24.1. The van der Waals surface area contributed by atoms with Crippen LogP contribution in [-0.2, 0) is 18.3 Å². The second-order valence-corrected chi connectivity index (χ2v) is 27.9. The SMILES string of the molecule is C[CH]=[Zr]([CH3])([CH3])([CH]1C(C)=CC2=C1CCCC2)[CH]1C(C)=CC2=C1CCCC2. The Morgan fingerprint density at radius 2 is 1.16 bits per heavy atom. The summed E-state index contributed by atoms with van der Waals surface area (Å²) in [4.78, 5) is 0. The quantitative estimate of drug-likeness (QED) is 0.431. The van der Waals surface area contributed by atoms with Crippen LogP contribution in [0.1, 0.15) is 72.1 Å². The van der Waals surface area contributed by atoms with Crippen LogP contribution < -0.4 is 0 Å². The standard InChI is InChI=1S/2C10H13.C2H4.2CH3.Zr/c2*1-8-6-9-4-2-3-5-10(9)7-8;1-2;;;/h2*6-7H,2-5H2,1H3;1H,2H3;2*1H3;. The van der Waals surface area contributed by atoms with Crippen molar-refractivity contribution in [3.05, 3.63) is 45.6 Å². The Morgan fingerprint density at radius 1 is 0.760 bits per heavy atom. The molecule has 0 fully saturated rings. The van der Waals surface area contributed by atoms with Gasteiger partial charge in [-0.2, -0.15) is 0 Å². The van der Waals surface area contributed by atoms with E-state index in [-0.39, 0.29) is 0 Å². The number of rotatable bonds is 2. The average Bonchev–Trinajstić information content (AvgIpc) is 3.11. The summed E-state index contributed by atoms with van der Waals surface area (Å²) in [5, 5.41) is 0. The molecule has 0 saturated heterocycles. The molecular weight excluding hydrogens is 379 g/mol. The summed E-state index contributed by atoms with van der Waals surface area (Å²) in [7, 11) is 0. The van der Waals surface area contributed by atoms with Crippen molar-refractivity contribution in [2.24, 2.45) is 0 Å². The van der Waals surface area contributed by atoms with E-state index in [9.17, 15) is 0 Å². The molecule has 0 aromatic carbocycles. The summed E-state index contributed by atoms with van der Waals surface area (Å²) in [5.74, 6) is 0. The first kappa shape index (κ1) is 18.1. The van der Waals surface area contributed by atoms with E-state index in [4.69, 9.17) is 0 Å². The predicted molar refractivity (Wildman–Crippen MR) is 109 cm³/mol. The molecule has 0 heterocycles. The van der Waals surface area contributed by atoms with Crippen molar-refractivity contribution < 1.29 is 18.3 Å². The van der Waals surface area contributed by atoms with Crippen molar-refractivity contribution in [1.82, 2.24) is 0 Å². The topological polar surface area (TPSA) is 0 Å². The minimum atomic E-state index is -3.19. The van der Waals surface area contributed by atoms with Gasteiger partial charge in [-0.3, -0.25) is 0 Å². The first-order chi connectivity index (χ1) is 11.9. The molecule has 0 aromatic heterocycles.